The summed E-state index contributed by atoms with van der Waals surface area (Å²) in [6.07, 6.45) is 1.01. The second-order valence-corrected chi connectivity index (χ2v) is 6.40. The third-order valence-corrected chi connectivity index (χ3v) is 4.20. The van der Waals surface area contributed by atoms with Gasteiger partial charge in [-0.1, -0.05) is 35.0 Å². The van der Waals surface area contributed by atoms with Crippen LogP contribution >= 0.6 is 15.9 Å². The predicted octanol–water partition coefficient (Wildman–Crippen LogP) is 3.45. The number of hydrogen-bond donors (Lipinski definition) is 1. The van der Waals surface area contributed by atoms with Crippen molar-refractivity contribution >= 4 is 15.9 Å². The Bertz CT molecular complexity index is 589. The molecular formula is C16H22BrN3. The van der Waals surface area contributed by atoms with E-state index in [9.17, 15) is 0 Å². The van der Waals surface area contributed by atoms with Gasteiger partial charge in [0.15, 0.2) is 0 Å². The Morgan fingerprint density at radius 3 is 2.75 bits per heavy atom. The summed E-state index contributed by atoms with van der Waals surface area (Å²) in [6, 6.07) is 8.36. The van der Waals surface area contributed by atoms with E-state index >= 15 is 0 Å². The molecule has 0 bridgehead atoms. The highest BCUT2D eigenvalue weighted by Crippen LogP contribution is 2.19. The van der Waals surface area contributed by atoms with Crippen LogP contribution in [0.4, 0.5) is 0 Å². The zero-order valence-corrected chi connectivity index (χ0v) is 13.9. The maximum Gasteiger partial charge on any atom is 0.0663 e. The fourth-order valence-electron chi connectivity index (χ4n) is 2.42. The van der Waals surface area contributed by atoms with E-state index in [1.54, 1.807) is 0 Å². The number of benzene rings is 1. The van der Waals surface area contributed by atoms with Crippen LogP contribution in [0.2, 0.25) is 0 Å². The van der Waals surface area contributed by atoms with Crippen molar-refractivity contribution in [1.82, 2.24) is 9.78 Å². The van der Waals surface area contributed by atoms with Gasteiger partial charge in [0.2, 0.25) is 0 Å². The van der Waals surface area contributed by atoms with Gasteiger partial charge in [0, 0.05) is 10.2 Å². The molecule has 0 saturated heterocycles. The van der Waals surface area contributed by atoms with Gasteiger partial charge in [-0.2, -0.15) is 5.10 Å². The number of aryl methyl sites for hydroxylation is 1. The van der Waals surface area contributed by atoms with Crippen molar-refractivity contribution in [3.05, 3.63) is 51.3 Å². The first kappa shape index (κ1) is 15.3. The van der Waals surface area contributed by atoms with Crippen LogP contribution in [0.15, 0.2) is 28.7 Å². The van der Waals surface area contributed by atoms with E-state index in [1.165, 1.54) is 16.8 Å². The standard InChI is InChI=1S/C16H22BrN3/c1-11(9-18)7-16-12(2)19-20(13(16)3)10-14-5-4-6-15(17)8-14/h4-6,8,11H,7,9-10,18H2,1-3H3. The minimum absolute atomic E-state index is 0.496. The number of hydrogen-bond acceptors (Lipinski definition) is 2. The molecule has 1 heterocycles. The smallest absolute Gasteiger partial charge is 0.0663 e. The highest BCUT2D eigenvalue weighted by molar-refractivity contribution is 9.10. The molecule has 0 amide bonds. The lowest BCUT2D eigenvalue weighted by Crippen LogP contribution is -2.14. The van der Waals surface area contributed by atoms with Crippen LogP contribution in [0, 0.1) is 19.8 Å². The fourth-order valence-corrected chi connectivity index (χ4v) is 2.87. The molecule has 2 aromatic rings. The summed E-state index contributed by atoms with van der Waals surface area (Å²) in [7, 11) is 0. The third kappa shape index (κ3) is 3.49. The van der Waals surface area contributed by atoms with E-state index < -0.39 is 0 Å². The zero-order chi connectivity index (χ0) is 14.7. The summed E-state index contributed by atoms with van der Waals surface area (Å²) >= 11 is 3.51. The van der Waals surface area contributed by atoms with Gasteiger partial charge in [-0.05, 0) is 56.0 Å². The highest BCUT2D eigenvalue weighted by atomic mass is 79.9. The first-order valence-electron chi connectivity index (χ1n) is 6.98. The lowest BCUT2D eigenvalue weighted by atomic mass is 10.00. The largest absolute Gasteiger partial charge is 0.330 e. The number of halogens is 1. The maximum atomic E-state index is 5.73. The summed E-state index contributed by atoms with van der Waals surface area (Å²) in [4.78, 5) is 0. The first-order valence-corrected chi connectivity index (χ1v) is 7.78. The number of nitrogens with zero attached hydrogens (tertiary/aromatic N) is 2. The normalized spacial score (nSPS) is 12.7. The van der Waals surface area contributed by atoms with Gasteiger partial charge in [0.05, 0.1) is 12.2 Å². The van der Waals surface area contributed by atoms with E-state index in [2.05, 4.69) is 64.7 Å². The van der Waals surface area contributed by atoms with Crippen molar-refractivity contribution in [3.63, 3.8) is 0 Å². The molecule has 1 unspecified atom stereocenters. The molecular weight excluding hydrogens is 314 g/mol. The molecule has 0 spiro atoms. The van der Waals surface area contributed by atoms with Crippen molar-refractivity contribution < 1.29 is 0 Å². The van der Waals surface area contributed by atoms with Gasteiger partial charge in [-0.15, -0.1) is 0 Å². The number of rotatable bonds is 5. The Hall–Kier alpha value is -1.13. The molecule has 1 atom stereocenters. The summed E-state index contributed by atoms with van der Waals surface area (Å²) in [5, 5.41) is 4.68. The molecule has 0 aliphatic carbocycles. The van der Waals surface area contributed by atoms with Crippen LogP contribution < -0.4 is 5.73 Å². The SMILES string of the molecule is Cc1nn(Cc2cccc(Br)c2)c(C)c1CC(C)CN. The van der Waals surface area contributed by atoms with E-state index in [4.69, 9.17) is 5.73 Å². The topological polar surface area (TPSA) is 43.8 Å². The highest BCUT2D eigenvalue weighted by Gasteiger charge is 2.14. The molecule has 1 aromatic heterocycles. The van der Waals surface area contributed by atoms with Crippen LogP contribution in [0.25, 0.3) is 0 Å². The van der Waals surface area contributed by atoms with Crippen molar-refractivity contribution in [3.8, 4) is 0 Å². The van der Waals surface area contributed by atoms with E-state index in [-0.39, 0.29) is 0 Å². The van der Waals surface area contributed by atoms with Gasteiger partial charge in [0.25, 0.3) is 0 Å². The average molecular weight is 336 g/mol. The summed E-state index contributed by atoms with van der Waals surface area (Å²) in [5.74, 6) is 0.496. The Kier molecular flexibility index (Phi) is 5.00. The third-order valence-electron chi connectivity index (χ3n) is 3.71. The molecule has 0 saturated carbocycles. The van der Waals surface area contributed by atoms with Gasteiger partial charge < -0.3 is 5.73 Å². The van der Waals surface area contributed by atoms with Crippen molar-refractivity contribution in [2.75, 3.05) is 6.54 Å². The molecule has 3 nitrogen and oxygen atoms in total. The van der Waals surface area contributed by atoms with Crippen LogP contribution in [0.1, 0.15) is 29.4 Å². The second-order valence-electron chi connectivity index (χ2n) is 5.48. The lowest BCUT2D eigenvalue weighted by Gasteiger charge is -2.09. The lowest BCUT2D eigenvalue weighted by molar-refractivity contribution is 0.587. The molecule has 4 heteroatoms. The fraction of sp³-hybridized carbons (Fsp3) is 0.438. The van der Waals surface area contributed by atoms with E-state index in [0.29, 0.717) is 5.92 Å². The second kappa shape index (κ2) is 6.55. The molecule has 0 radical (unpaired) electrons. The molecule has 0 fully saturated rings. The van der Waals surface area contributed by atoms with Gasteiger partial charge in [-0.3, -0.25) is 4.68 Å². The van der Waals surface area contributed by atoms with Gasteiger partial charge >= 0.3 is 0 Å². The van der Waals surface area contributed by atoms with Crippen molar-refractivity contribution in [2.24, 2.45) is 11.7 Å². The Morgan fingerprint density at radius 1 is 1.35 bits per heavy atom. The molecule has 1 aromatic carbocycles. The Labute approximate surface area is 129 Å². The average Bonchev–Trinajstić information content (AvgIpc) is 2.66. The predicted molar refractivity (Wildman–Crippen MR) is 86.9 cm³/mol. The van der Waals surface area contributed by atoms with Crippen LogP contribution in [-0.2, 0) is 13.0 Å². The zero-order valence-electron chi connectivity index (χ0n) is 12.4. The van der Waals surface area contributed by atoms with E-state index in [1.807, 2.05) is 6.07 Å². The summed E-state index contributed by atoms with van der Waals surface area (Å²) in [6.45, 7) is 7.95. The number of nitrogens with two attached hydrogens (primary N) is 1. The number of aromatic nitrogens is 2. The van der Waals surface area contributed by atoms with Crippen LogP contribution in [0.5, 0.6) is 0 Å². The molecule has 2 rings (SSSR count). The van der Waals surface area contributed by atoms with Gasteiger partial charge in [-0.25, -0.2) is 0 Å². The molecule has 0 aliphatic heterocycles. The maximum absolute atomic E-state index is 5.73. The quantitative estimate of drug-likeness (QED) is 0.909. The van der Waals surface area contributed by atoms with Gasteiger partial charge in [0.1, 0.15) is 0 Å². The van der Waals surface area contributed by atoms with E-state index in [0.717, 1.165) is 29.7 Å². The van der Waals surface area contributed by atoms with Crippen molar-refractivity contribution in [2.45, 2.75) is 33.7 Å². The molecule has 2 N–H and O–H groups in total. The summed E-state index contributed by atoms with van der Waals surface area (Å²) in [5.41, 5.74) is 10.7. The minimum atomic E-state index is 0.496. The van der Waals surface area contributed by atoms with Crippen molar-refractivity contribution in [1.29, 1.82) is 0 Å². The molecule has 0 aliphatic rings. The molecule has 108 valence electrons. The molecule has 20 heavy (non-hydrogen) atoms. The van der Waals surface area contributed by atoms with Crippen LogP contribution in [-0.4, -0.2) is 16.3 Å². The Balaban J connectivity index is 2.23. The Morgan fingerprint density at radius 2 is 2.10 bits per heavy atom. The van der Waals surface area contributed by atoms with Crippen LogP contribution in [0.3, 0.4) is 0 Å². The minimum Gasteiger partial charge on any atom is -0.330 e. The monoisotopic (exact) mass is 335 g/mol. The first-order chi connectivity index (χ1) is 9.51. The summed E-state index contributed by atoms with van der Waals surface area (Å²) < 4.78 is 3.20.